The van der Waals surface area contributed by atoms with Crippen LogP contribution in [0.25, 0.3) is 0 Å². The number of carboxylic acid groups (broad SMARTS) is 1. The third-order valence-corrected chi connectivity index (χ3v) is 3.73. The Labute approximate surface area is 195 Å². The van der Waals surface area contributed by atoms with Gasteiger partial charge in [0, 0.05) is 19.1 Å². The summed E-state index contributed by atoms with van der Waals surface area (Å²) in [5.74, 6) is -0.741. The molecule has 0 fully saturated rings. The van der Waals surface area contributed by atoms with Crippen LogP contribution in [0.3, 0.4) is 0 Å². The quantitative estimate of drug-likeness (QED) is 0.300. The normalized spacial score (nSPS) is 10.1. The summed E-state index contributed by atoms with van der Waals surface area (Å²) in [7, 11) is 0. The van der Waals surface area contributed by atoms with Crippen LogP contribution in [0, 0.1) is 0 Å². The van der Waals surface area contributed by atoms with E-state index in [4.69, 9.17) is 5.11 Å². The van der Waals surface area contributed by atoms with Gasteiger partial charge in [-0.15, -0.1) is 0 Å². The Bertz CT molecular complexity index is 516. The van der Waals surface area contributed by atoms with E-state index in [2.05, 4.69) is 11.9 Å². The second-order valence-corrected chi connectivity index (χ2v) is 5.78. The second kappa shape index (κ2) is 17.4. The van der Waals surface area contributed by atoms with Crippen molar-refractivity contribution >= 4 is 23.7 Å². The van der Waals surface area contributed by atoms with Gasteiger partial charge in [-0.3, -0.25) is 9.79 Å². The third-order valence-electron chi connectivity index (χ3n) is 3.73. The first kappa shape index (κ1) is 27.3. The molecule has 0 aromatic heterocycles. The molecule has 0 spiro atoms. The van der Waals surface area contributed by atoms with Gasteiger partial charge in [0.15, 0.2) is 0 Å². The van der Waals surface area contributed by atoms with Crippen molar-refractivity contribution in [2.45, 2.75) is 64.7 Å². The van der Waals surface area contributed by atoms with Gasteiger partial charge in [0.1, 0.15) is 5.78 Å². The smallest absolute Gasteiger partial charge is 0.478 e. The zero-order valence-electron chi connectivity index (χ0n) is 16.0. The first-order chi connectivity index (χ1) is 11.1. The van der Waals surface area contributed by atoms with E-state index in [1.807, 2.05) is 0 Å². The van der Waals surface area contributed by atoms with Crippen molar-refractivity contribution in [1.82, 2.24) is 0 Å². The molecular formula is C19H27NNa2O3+2. The minimum absolute atomic E-state index is 0. The fourth-order valence-electron chi connectivity index (χ4n) is 2.32. The van der Waals surface area contributed by atoms with Gasteiger partial charge in [-0.1, -0.05) is 45.4 Å². The van der Waals surface area contributed by atoms with Crippen molar-refractivity contribution in [3.05, 3.63) is 29.8 Å². The molecular weight excluding hydrogens is 336 g/mol. The third kappa shape index (κ3) is 13.8. The zero-order chi connectivity index (χ0) is 16.9. The van der Waals surface area contributed by atoms with Crippen molar-refractivity contribution in [2.24, 2.45) is 4.99 Å². The van der Waals surface area contributed by atoms with Crippen molar-refractivity contribution in [2.75, 3.05) is 0 Å². The fourth-order valence-corrected chi connectivity index (χ4v) is 2.32. The number of carbonyl (C=O) groups excluding carboxylic acids is 1. The molecule has 126 valence electrons. The number of hydrogen-bond acceptors (Lipinski definition) is 3. The van der Waals surface area contributed by atoms with Crippen LogP contribution in [0.15, 0.2) is 29.3 Å². The summed E-state index contributed by atoms with van der Waals surface area (Å²) in [6.45, 7) is 2.21. The van der Waals surface area contributed by atoms with Gasteiger partial charge in [-0.25, -0.2) is 4.79 Å². The van der Waals surface area contributed by atoms with Crippen LogP contribution in [0.1, 0.15) is 75.1 Å². The van der Waals surface area contributed by atoms with Crippen molar-refractivity contribution in [1.29, 1.82) is 0 Å². The molecule has 0 amide bonds. The number of aromatic carboxylic acids is 1. The summed E-state index contributed by atoms with van der Waals surface area (Å²) < 4.78 is 0. The number of Topliss-reactive ketones (excluding diaryl/α,β-unsaturated/α-hetero) is 1. The van der Waals surface area contributed by atoms with E-state index in [0.29, 0.717) is 18.5 Å². The molecule has 25 heavy (non-hydrogen) atoms. The molecule has 0 unspecified atom stereocenters. The molecule has 0 bridgehead atoms. The van der Waals surface area contributed by atoms with Gasteiger partial charge in [0.25, 0.3) is 0 Å². The van der Waals surface area contributed by atoms with E-state index in [-0.39, 0.29) is 70.5 Å². The van der Waals surface area contributed by atoms with Gasteiger partial charge in [0.2, 0.25) is 0 Å². The molecule has 1 N–H and O–H groups in total. The first-order valence-corrected chi connectivity index (χ1v) is 8.51. The Balaban J connectivity index is 0. The summed E-state index contributed by atoms with van der Waals surface area (Å²) in [6.07, 6.45) is 11.0. The van der Waals surface area contributed by atoms with E-state index in [0.717, 1.165) is 12.8 Å². The molecule has 1 aromatic carbocycles. The minimum Gasteiger partial charge on any atom is -0.478 e. The van der Waals surface area contributed by atoms with Gasteiger partial charge in [-0.05, 0) is 30.7 Å². The van der Waals surface area contributed by atoms with Crippen LogP contribution in [0.4, 0.5) is 5.69 Å². The van der Waals surface area contributed by atoms with E-state index < -0.39 is 5.97 Å². The van der Waals surface area contributed by atoms with Crippen LogP contribution < -0.4 is 59.1 Å². The van der Waals surface area contributed by atoms with Crippen molar-refractivity contribution < 1.29 is 73.8 Å². The number of carboxylic acids is 1. The van der Waals surface area contributed by atoms with E-state index >= 15 is 0 Å². The summed E-state index contributed by atoms with van der Waals surface area (Å²) in [5.41, 5.74) is 0.901. The second-order valence-electron chi connectivity index (χ2n) is 5.78. The van der Waals surface area contributed by atoms with Crippen LogP contribution in [0.5, 0.6) is 0 Å². The number of nitrogens with zero attached hydrogens (tertiary/aromatic N) is 1. The topological polar surface area (TPSA) is 66.7 Å². The monoisotopic (exact) mass is 363 g/mol. The van der Waals surface area contributed by atoms with Crippen molar-refractivity contribution in [3.63, 3.8) is 0 Å². The van der Waals surface area contributed by atoms with Crippen LogP contribution in [-0.4, -0.2) is 23.1 Å². The van der Waals surface area contributed by atoms with Crippen molar-refractivity contribution in [3.8, 4) is 0 Å². The molecule has 0 saturated carbocycles. The zero-order valence-corrected chi connectivity index (χ0v) is 20.0. The molecule has 0 aliphatic carbocycles. The average molecular weight is 363 g/mol. The van der Waals surface area contributed by atoms with E-state index in [1.54, 1.807) is 18.3 Å². The predicted molar refractivity (Wildman–Crippen MR) is 93.8 cm³/mol. The molecule has 6 heteroatoms. The average Bonchev–Trinajstić information content (AvgIpc) is 2.54. The summed E-state index contributed by atoms with van der Waals surface area (Å²) in [6, 6.07) is 6.30. The predicted octanol–water partition coefficient (Wildman–Crippen LogP) is -0.805. The molecule has 1 aromatic rings. The van der Waals surface area contributed by atoms with Crippen LogP contribution >= 0.6 is 0 Å². The molecule has 0 radical (unpaired) electrons. The summed E-state index contributed by atoms with van der Waals surface area (Å²) in [5, 5.41) is 8.80. The number of hydrogen-bond donors (Lipinski definition) is 1. The maximum Gasteiger partial charge on any atom is 1.00 e. The molecule has 0 atom stereocenters. The van der Waals surface area contributed by atoms with Gasteiger partial charge < -0.3 is 5.11 Å². The van der Waals surface area contributed by atoms with E-state index in [1.165, 1.54) is 44.2 Å². The summed E-state index contributed by atoms with van der Waals surface area (Å²) >= 11 is 0. The Morgan fingerprint density at radius 3 is 2.08 bits per heavy atom. The van der Waals surface area contributed by atoms with Crippen LogP contribution in [-0.2, 0) is 4.79 Å². The van der Waals surface area contributed by atoms with Gasteiger partial charge in [-0.2, -0.15) is 0 Å². The maximum atomic E-state index is 11.7. The Morgan fingerprint density at radius 2 is 1.52 bits per heavy atom. The standard InChI is InChI=1S/C19H27NO3.2Na/c1-2-3-4-5-6-7-8-9-18(21)14-15-20-17-12-10-16(11-13-17)19(22)23;;/h10-13,15H,2-9,14H2,1H3,(H,22,23);;/q;2*+1. The number of unbranched alkanes of at least 4 members (excludes halogenated alkanes) is 6. The van der Waals surface area contributed by atoms with Gasteiger partial charge >= 0.3 is 65.1 Å². The molecule has 1 rings (SSSR count). The Morgan fingerprint density at radius 1 is 0.960 bits per heavy atom. The number of rotatable bonds is 12. The SMILES string of the molecule is CCCCCCCCCC(=O)CC=Nc1ccc(C(=O)O)cc1.[Na+].[Na+]. The van der Waals surface area contributed by atoms with Crippen LogP contribution in [0.2, 0.25) is 0 Å². The minimum atomic E-state index is -0.953. The molecule has 0 aliphatic rings. The number of ketones is 1. The largest absolute Gasteiger partial charge is 1.00 e. The molecule has 0 saturated heterocycles. The molecule has 0 aliphatic heterocycles. The van der Waals surface area contributed by atoms with Gasteiger partial charge in [0.05, 0.1) is 11.3 Å². The van der Waals surface area contributed by atoms with E-state index in [9.17, 15) is 9.59 Å². The fraction of sp³-hybridized carbons (Fsp3) is 0.526. The Kier molecular flexibility index (Phi) is 19.0. The number of carbonyl (C=O) groups is 2. The first-order valence-electron chi connectivity index (χ1n) is 8.51. The number of benzene rings is 1. The maximum absolute atomic E-state index is 11.7. The number of aliphatic imine (C=N–C) groups is 1. The molecule has 4 nitrogen and oxygen atoms in total. The Hall–Kier alpha value is 0.0300. The molecule has 0 heterocycles. The summed E-state index contributed by atoms with van der Waals surface area (Å²) in [4.78, 5) is 26.7.